The van der Waals surface area contributed by atoms with Gasteiger partial charge in [-0.15, -0.1) is 0 Å². The van der Waals surface area contributed by atoms with Crippen LogP contribution in [0.2, 0.25) is 0 Å². The summed E-state index contributed by atoms with van der Waals surface area (Å²) in [5.74, 6) is 0.799. The quantitative estimate of drug-likeness (QED) is 0.177. The van der Waals surface area contributed by atoms with E-state index in [4.69, 9.17) is 19.6 Å². The van der Waals surface area contributed by atoms with Crippen LogP contribution in [0.25, 0.3) is 0 Å². The van der Waals surface area contributed by atoms with E-state index in [1.165, 1.54) is 0 Å². The molecule has 0 spiro atoms. The van der Waals surface area contributed by atoms with E-state index >= 15 is 0 Å². The second-order valence-corrected chi connectivity index (χ2v) is 11.2. The Kier molecular flexibility index (Phi) is 8.99. The number of nitrogens with zero attached hydrogens (tertiary/aromatic N) is 1. The third-order valence-electron chi connectivity index (χ3n) is 6.65. The van der Waals surface area contributed by atoms with E-state index in [2.05, 4.69) is 37.2 Å². The van der Waals surface area contributed by atoms with Gasteiger partial charge in [-0.25, -0.2) is 4.99 Å². The van der Waals surface area contributed by atoms with Crippen molar-refractivity contribution < 1.29 is 19.4 Å². The number of rotatable bonds is 10. The molecule has 4 aromatic rings. The van der Waals surface area contributed by atoms with Crippen molar-refractivity contribution in [2.45, 2.75) is 24.5 Å². The zero-order chi connectivity index (χ0) is 28.0. The van der Waals surface area contributed by atoms with E-state index in [0.717, 1.165) is 25.6 Å². The summed E-state index contributed by atoms with van der Waals surface area (Å²) in [5.41, 5.74) is 1.88. The molecule has 1 aliphatic rings. The van der Waals surface area contributed by atoms with E-state index in [-0.39, 0.29) is 12.5 Å². The molecule has 2 N–H and O–H groups in total. The zero-order valence-corrected chi connectivity index (χ0v) is 24.8. The third kappa shape index (κ3) is 6.30. The smallest absolute Gasteiger partial charge is 0.257 e. The van der Waals surface area contributed by atoms with Crippen LogP contribution in [0.3, 0.4) is 0 Å². The molecule has 1 heterocycles. The number of carbonyl (C=O) groups excluding carboxylic acids is 1. The van der Waals surface area contributed by atoms with Crippen LogP contribution in [-0.4, -0.2) is 35.7 Å². The first-order valence-corrected chi connectivity index (χ1v) is 14.5. The van der Waals surface area contributed by atoms with Crippen molar-refractivity contribution >= 4 is 49.4 Å². The number of benzene rings is 4. The maximum absolute atomic E-state index is 14.3. The van der Waals surface area contributed by atoms with Crippen molar-refractivity contribution in [3.63, 3.8) is 0 Å². The van der Waals surface area contributed by atoms with Gasteiger partial charge < -0.3 is 19.9 Å². The minimum absolute atomic E-state index is 0.0742. The predicted molar refractivity (Wildman–Crippen MR) is 164 cm³/mol. The largest absolute Gasteiger partial charge is 0.494 e. The lowest BCUT2D eigenvalue weighted by Gasteiger charge is -2.31. The highest BCUT2D eigenvalue weighted by Gasteiger charge is 2.53. The number of hydrogen-bond acceptors (Lipinski definition) is 5. The lowest BCUT2D eigenvalue weighted by atomic mass is 9.82. The molecule has 204 valence electrons. The number of ether oxygens (including phenoxy) is 2. The van der Waals surface area contributed by atoms with Gasteiger partial charge in [-0.3, -0.25) is 4.79 Å². The Morgan fingerprint density at radius 3 is 2.33 bits per heavy atom. The molecule has 4 aromatic carbocycles. The molecule has 8 heteroatoms. The van der Waals surface area contributed by atoms with Crippen molar-refractivity contribution in [2.24, 2.45) is 4.99 Å². The lowest BCUT2D eigenvalue weighted by Crippen LogP contribution is -2.46. The standard InChI is InChI=1S/C32H28Br2N2O4/c33-25-15-11-22(12-16-25)29-32(21-24-7-4-5-10-28(24)34,31(38)35-26-8-2-1-3-9-26)36-30(40-29)23-13-17-27(18-14-23)39-20-6-19-37/h1-5,7-18,29,37H,6,19-21H2,(H,35,38)/t29-,32-/m1/s1. The molecule has 0 saturated carbocycles. The molecule has 0 aliphatic carbocycles. The summed E-state index contributed by atoms with van der Waals surface area (Å²) in [5, 5.41) is 12.1. The molecular formula is C32H28Br2N2O4. The van der Waals surface area contributed by atoms with E-state index < -0.39 is 11.6 Å². The molecule has 6 nitrogen and oxygen atoms in total. The number of aliphatic hydroxyl groups is 1. The van der Waals surface area contributed by atoms with E-state index in [1.54, 1.807) is 0 Å². The molecular weight excluding hydrogens is 636 g/mol. The zero-order valence-electron chi connectivity index (χ0n) is 21.6. The summed E-state index contributed by atoms with van der Waals surface area (Å²) in [4.78, 5) is 19.4. The van der Waals surface area contributed by atoms with Gasteiger partial charge in [0.15, 0.2) is 11.6 Å². The molecule has 0 saturated heterocycles. The number of aliphatic imine (C=N–C) groups is 1. The van der Waals surface area contributed by atoms with Crippen LogP contribution >= 0.6 is 31.9 Å². The Morgan fingerprint density at radius 2 is 1.62 bits per heavy atom. The van der Waals surface area contributed by atoms with E-state index in [1.807, 2.05) is 103 Å². The topological polar surface area (TPSA) is 80.2 Å². The summed E-state index contributed by atoms with van der Waals surface area (Å²) >= 11 is 7.18. The Labute approximate surface area is 250 Å². The van der Waals surface area contributed by atoms with Crippen LogP contribution < -0.4 is 10.1 Å². The second kappa shape index (κ2) is 12.8. The minimum atomic E-state index is -1.31. The Bertz CT molecular complexity index is 1480. The Balaban J connectivity index is 1.59. The number of carbonyl (C=O) groups is 1. The van der Waals surface area contributed by atoms with Gasteiger partial charge >= 0.3 is 0 Å². The monoisotopic (exact) mass is 662 g/mol. The minimum Gasteiger partial charge on any atom is -0.494 e. The number of amides is 1. The SMILES string of the molecule is O=C(Nc1ccccc1)[C@]1(Cc2ccccc2Br)N=C(c2ccc(OCCCO)cc2)O[C@@H]1c1ccc(Br)cc1. The number of halogens is 2. The number of para-hydroxylation sites is 1. The lowest BCUT2D eigenvalue weighted by molar-refractivity contribution is -0.123. The molecule has 1 amide bonds. The van der Waals surface area contributed by atoms with Crippen molar-refractivity contribution in [3.05, 3.63) is 129 Å². The van der Waals surface area contributed by atoms with Gasteiger partial charge in [0.2, 0.25) is 5.90 Å². The first kappa shape index (κ1) is 28.1. The fraction of sp³-hybridized carbons (Fsp3) is 0.188. The van der Waals surface area contributed by atoms with Crippen molar-refractivity contribution in [1.29, 1.82) is 0 Å². The molecule has 0 aromatic heterocycles. The average molecular weight is 664 g/mol. The second-order valence-electron chi connectivity index (χ2n) is 9.43. The average Bonchev–Trinajstić information content (AvgIpc) is 3.36. The van der Waals surface area contributed by atoms with Crippen molar-refractivity contribution in [2.75, 3.05) is 18.5 Å². The Morgan fingerprint density at radius 1 is 0.925 bits per heavy atom. The maximum Gasteiger partial charge on any atom is 0.257 e. The molecule has 0 unspecified atom stereocenters. The molecule has 40 heavy (non-hydrogen) atoms. The fourth-order valence-electron chi connectivity index (χ4n) is 4.61. The van der Waals surface area contributed by atoms with Crippen LogP contribution in [0.1, 0.15) is 29.2 Å². The highest BCUT2D eigenvalue weighted by Crippen LogP contribution is 2.44. The molecule has 2 atom stereocenters. The Hall–Kier alpha value is -3.46. The first-order valence-electron chi connectivity index (χ1n) is 12.9. The summed E-state index contributed by atoms with van der Waals surface area (Å²) in [6.45, 7) is 0.498. The maximum atomic E-state index is 14.3. The van der Waals surface area contributed by atoms with Gasteiger partial charge in [0.1, 0.15) is 5.75 Å². The van der Waals surface area contributed by atoms with E-state index in [0.29, 0.717) is 36.8 Å². The summed E-state index contributed by atoms with van der Waals surface area (Å²) in [6, 6.07) is 32.4. The van der Waals surface area contributed by atoms with Crippen LogP contribution in [0.15, 0.2) is 117 Å². The molecule has 0 radical (unpaired) electrons. The van der Waals surface area contributed by atoms with Gasteiger partial charge in [-0.2, -0.15) is 0 Å². The number of aliphatic hydroxyl groups excluding tert-OH is 1. The number of anilines is 1. The normalized spacial score (nSPS) is 18.1. The van der Waals surface area contributed by atoms with Gasteiger partial charge in [-0.1, -0.05) is 80.4 Å². The van der Waals surface area contributed by atoms with E-state index in [9.17, 15) is 4.79 Å². The highest BCUT2D eigenvalue weighted by molar-refractivity contribution is 9.10. The van der Waals surface area contributed by atoms with Gasteiger partial charge in [0.05, 0.1) is 6.61 Å². The first-order chi connectivity index (χ1) is 19.5. The number of hydrogen-bond donors (Lipinski definition) is 2. The van der Waals surface area contributed by atoms with Crippen LogP contribution in [0, 0.1) is 0 Å². The molecule has 5 rings (SSSR count). The summed E-state index contributed by atoms with van der Waals surface area (Å²) in [6.07, 6.45) is 0.173. The van der Waals surface area contributed by atoms with Crippen LogP contribution in [0.4, 0.5) is 5.69 Å². The molecule has 0 bridgehead atoms. The van der Waals surface area contributed by atoms with Gasteiger partial charge in [0, 0.05) is 39.6 Å². The van der Waals surface area contributed by atoms with Crippen molar-refractivity contribution in [1.82, 2.24) is 0 Å². The van der Waals surface area contributed by atoms with Crippen molar-refractivity contribution in [3.8, 4) is 5.75 Å². The van der Waals surface area contributed by atoms with Gasteiger partial charge in [0.25, 0.3) is 5.91 Å². The third-order valence-corrected chi connectivity index (χ3v) is 7.95. The summed E-state index contributed by atoms with van der Waals surface area (Å²) < 4.78 is 14.1. The highest BCUT2D eigenvalue weighted by atomic mass is 79.9. The van der Waals surface area contributed by atoms with Gasteiger partial charge in [-0.05, 0) is 65.7 Å². The molecule has 1 aliphatic heterocycles. The van der Waals surface area contributed by atoms with Crippen LogP contribution in [-0.2, 0) is 16.0 Å². The summed E-state index contributed by atoms with van der Waals surface area (Å²) in [7, 11) is 0. The molecule has 0 fully saturated rings. The predicted octanol–water partition coefficient (Wildman–Crippen LogP) is 7.11. The fourth-order valence-corrected chi connectivity index (χ4v) is 5.30. The van der Waals surface area contributed by atoms with Crippen LogP contribution in [0.5, 0.6) is 5.75 Å². The number of nitrogens with one attached hydrogen (secondary N) is 1.